The van der Waals surface area contributed by atoms with Crippen molar-refractivity contribution in [1.82, 2.24) is 24.8 Å². The quantitative estimate of drug-likeness (QED) is 0.934. The van der Waals surface area contributed by atoms with Crippen molar-refractivity contribution in [2.45, 2.75) is 52.1 Å². The van der Waals surface area contributed by atoms with Crippen LogP contribution in [0, 0.1) is 6.92 Å². The van der Waals surface area contributed by atoms with Crippen LogP contribution in [-0.4, -0.2) is 37.4 Å². The van der Waals surface area contributed by atoms with Crippen molar-refractivity contribution in [3.63, 3.8) is 0 Å². The number of anilines is 2. The Morgan fingerprint density at radius 3 is 2.70 bits per heavy atom. The number of aromatic nitrogens is 4. The zero-order chi connectivity index (χ0) is 16.2. The zero-order valence-electron chi connectivity index (χ0n) is 14.0. The highest BCUT2D eigenvalue weighted by molar-refractivity contribution is 5.47. The molecule has 6 heteroatoms. The van der Waals surface area contributed by atoms with Crippen LogP contribution in [0.15, 0.2) is 24.5 Å². The molecule has 1 aliphatic rings. The fraction of sp³-hybridized carbons (Fsp3) is 0.529. The van der Waals surface area contributed by atoms with Gasteiger partial charge in [0.25, 0.3) is 0 Å². The van der Waals surface area contributed by atoms with Gasteiger partial charge in [-0.05, 0) is 46.2 Å². The van der Waals surface area contributed by atoms with Gasteiger partial charge in [0, 0.05) is 30.2 Å². The van der Waals surface area contributed by atoms with E-state index in [2.05, 4.69) is 34.0 Å². The van der Waals surface area contributed by atoms with Crippen LogP contribution in [0.1, 0.15) is 50.7 Å². The smallest absolute Gasteiger partial charge is 0.228 e. The van der Waals surface area contributed by atoms with E-state index >= 15 is 0 Å². The molecule has 0 radical (unpaired) electrons. The fourth-order valence-corrected chi connectivity index (χ4v) is 3.13. The Balaban J connectivity index is 1.87. The van der Waals surface area contributed by atoms with Crippen LogP contribution >= 0.6 is 0 Å². The van der Waals surface area contributed by atoms with E-state index in [1.54, 1.807) is 18.5 Å². The Labute approximate surface area is 137 Å². The van der Waals surface area contributed by atoms with Crippen LogP contribution in [-0.2, 0) is 0 Å². The lowest BCUT2D eigenvalue weighted by Crippen LogP contribution is -2.39. The van der Waals surface area contributed by atoms with Crippen LogP contribution in [0.3, 0.4) is 0 Å². The van der Waals surface area contributed by atoms with Gasteiger partial charge in [0.15, 0.2) is 0 Å². The summed E-state index contributed by atoms with van der Waals surface area (Å²) in [5, 5.41) is 3.18. The molecule has 1 fully saturated rings. The predicted octanol–water partition coefficient (Wildman–Crippen LogP) is 3.25. The van der Waals surface area contributed by atoms with Crippen molar-refractivity contribution in [1.29, 1.82) is 0 Å². The molecule has 0 spiro atoms. The van der Waals surface area contributed by atoms with Crippen LogP contribution in [0.25, 0.3) is 0 Å². The average Bonchev–Trinajstić information content (AvgIpc) is 2.55. The second-order valence-electron chi connectivity index (χ2n) is 6.29. The van der Waals surface area contributed by atoms with E-state index in [1.807, 2.05) is 13.0 Å². The molecule has 2 aromatic heterocycles. The Kier molecular flexibility index (Phi) is 4.81. The third kappa shape index (κ3) is 3.82. The van der Waals surface area contributed by atoms with Crippen molar-refractivity contribution in [2.75, 3.05) is 11.9 Å². The number of aryl methyl sites for hydroxylation is 1. The molecule has 1 saturated heterocycles. The van der Waals surface area contributed by atoms with E-state index in [4.69, 9.17) is 9.97 Å². The Bertz CT molecular complexity index is 643. The monoisotopic (exact) mass is 312 g/mol. The number of nitrogens with zero attached hydrogens (tertiary/aromatic N) is 5. The SMILES string of the molecule is Cc1cc(Nc2ncccn2)nc(C2CCCCN2C(C)C)n1. The minimum atomic E-state index is 0.292. The second-order valence-corrected chi connectivity index (χ2v) is 6.29. The van der Waals surface area contributed by atoms with Crippen LogP contribution < -0.4 is 5.32 Å². The molecule has 1 aliphatic heterocycles. The van der Waals surface area contributed by atoms with E-state index < -0.39 is 0 Å². The average molecular weight is 312 g/mol. The maximum Gasteiger partial charge on any atom is 0.228 e. The summed E-state index contributed by atoms with van der Waals surface area (Å²) in [6.07, 6.45) is 7.03. The van der Waals surface area contributed by atoms with Gasteiger partial charge < -0.3 is 5.32 Å². The van der Waals surface area contributed by atoms with Crippen LogP contribution in [0.5, 0.6) is 0 Å². The van der Waals surface area contributed by atoms with Gasteiger partial charge in [-0.15, -0.1) is 0 Å². The van der Waals surface area contributed by atoms with Gasteiger partial charge in [-0.3, -0.25) is 4.90 Å². The Morgan fingerprint density at radius 1 is 1.17 bits per heavy atom. The number of likely N-dealkylation sites (tertiary alicyclic amines) is 1. The molecule has 0 bridgehead atoms. The van der Waals surface area contributed by atoms with Crippen molar-refractivity contribution >= 4 is 11.8 Å². The summed E-state index contributed by atoms with van der Waals surface area (Å²) in [5.74, 6) is 2.21. The number of rotatable bonds is 4. The Morgan fingerprint density at radius 2 is 1.96 bits per heavy atom. The largest absolute Gasteiger partial charge is 0.309 e. The molecule has 0 saturated carbocycles. The lowest BCUT2D eigenvalue weighted by Gasteiger charge is -2.37. The minimum absolute atomic E-state index is 0.292. The van der Waals surface area contributed by atoms with E-state index in [1.165, 1.54) is 12.8 Å². The summed E-state index contributed by atoms with van der Waals surface area (Å²) in [6, 6.07) is 4.52. The zero-order valence-corrected chi connectivity index (χ0v) is 14.0. The first-order valence-corrected chi connectivity index (χ1v) is 8.29. The first-order valence-electron chi connectivity index (χ1n) is 8.29. The molecule has 1 atom stereocenters. The molecule has 3 heterocycles. The third-order valence-corrected chi connectivity index (χ3v) is 4.18. The molecule has 0 aromatic carbocycles. The summed E-state index contributed by atoms with van der Waals surface area (Å²) in [4.78, 5) is 20.3. The minimum Gasteiger partial charge on any atom is -0.309 e. The lowest BCUT2D eigenvalue weighted by atomic mass is 9.99. The molecule has 6 nitrogen and oxygen atoms in total. The highest BCUT2D eigenvalue weighted by Gasteiger charge is 2.28. The number of nitrogens with one attached hydrogen (secondary N) is 1. The third-order valence-electron chi connectivity index (χ3n) is 4.18. The molecule has 3 rings (SSSR count). The van der Waals surface area contributed by atoms with E-state index in [-0.39, 0.29) is 0 Å². The lowest BCUT2D eigenvalue weighted by molar-refractivity contribution is 0.106. The number of hydrogen-bond donors (Lipinski definition) is 1. The summed E-state index contributed by atoms with van der Waals surface area (Å²) in [5.41, 5.74) is 0.961. The normalized spacial score (nSPS) is 19.0. The van der Waals surface area contributed by atoms with Gasteiger partial charge in [0.2, 0.25) is 5.95 Å². The first kappa shape index (κ1) is 15.8. The highest BCUT2D eigenvalue weighted by Crippen LogP contribution is 2.31. The van der Waals surface area contributed by atoms with Gasteiger partial charge in [0.1, 0.15) is 11.6 Å². The first-order chi connectivity index (χ1) is 11.1. The van der Waals surface area contributed by atoms with Crippen molar-refractivity contribution < 1.29 is 0 Å². The maximum absolute atomic E-state index is 4.74. The van der Waals surface area contributed by atoms with Crippen molar-refractivity contribution in [3.05, 3.63) is 36.0 Å². The standard InChI is InChI=1S/C17H24N6/c1-12(2)23-10-5-4-7-14(23)16-20-13(3)11-15(21-16)22-17-18-8-6-9-19-17/h6,8-9,11-12,14H,4-5,7,10H2,1-3H3,(H,18,19,20,21,22). The summed E-state index contributed by atoms with van der Waals surface area (Å²) < 4.78 is 0. The molecule has 122 valence electrons. The van der Waals surface area contributed by atoms with Crippen LogP contribution in [0.4, 0.5) is 11.8 Å². The van der Waals surface area contributed by atoms with E-state index in [9.17, 15) is 0 Å². The van der Waals surface area contributed by atoms with Gasteiger partial charge in [-0.25, -0.2) is 19.9 Å². The van der Waals surface area contributed by atoms with Crippen molar-refractivity contribution in [3.8, 4) is 0 Å². The molecule has 2 aromatic rings. The molecular weight excluding hydrogens is 288 g/mol. The highest BCUT2D eigenvalue weighted by atomic mass is 15.2. The second kappa shape index (κ2) is 7.00. The van der Waals surface area contributed by atoms with Gasteiger partial charge in [-0.2, -0.15) is 0 Å². The van der Waals surface area contributed by atoms with Gasteiger partial charge in [-0.1, -0.05) is 6.42 Å². The molecule has 23 heavy (non-hydrogen) atoms. The fourth-order valence-electron chi connectivity index (χ4n) is 3.13. The molecule has 0 amide bonds. The summed E-state index contributed by atoms with van der Waals surface area (Å²) >= 11 is 0. The van der Waals surface area contributed by atoms with Gasteiger partial charge >= 0.3 is 0 Å². The number of piperidine rings is 1. The predicted molar refractivity (Wildman–Crippen MR) is 90.5 cm³/mol. The summed E-state index contributed by atoms with van der Waals surface area (Å²) in [7, 11) is 0. The van der Waals surface area contributed by atoms with Gasteiger partial charge in [0.05, 0.1) is 6.04 Å². The van der Waals surface area contributed by atoms with E-state index in [0.29, 0.717) is 18.0 Å². The van der Waals surface area contributed by atoms with Crippen LogP contribution in [0.2, 0.25) is 0 Å². The number of hydrogen-bond acceptors (Lipinski definition) is 6. The summed E-state index contributed by atoms with van der Waals surface area (Å²) in [6.45, 7) is 7.60. The molecule has 1 N–H and O–H groups in total. The molecular formula is C17H24N6. The topological polar surface area (TPSA) is 66.8 Å². The Hall–Kier alpha value is -2.08. The van der Waals surface area contributed by atoms with E-state index in [0.717, 1.165) is 30.3 Å². The van der Waals surface area contributed by atoms with Crippen molar-refractivity contribution in [2.24, 2.45) is 0 Å². The maximum atomic E-state index is 4.74. The molecule has 0 aliphatic carbocycles. The molecule has 1 unspecified atom stereocenters.